The number of carbonyl (C=O) groups is 3. The molecule has 0 heterocycles. The fraction of sp³-hybridized carbons (Fsp3) is 0.897. The molecule has 0 radical (unpaired) electrons. The lowest BCUT2D eigenvalue weighted by Gasteiger charge is -2.34. The maximum absolute atomic E-state index is 13.6. The molecular formula is C29H56N2O6. The van der Waals surface area contributed by atoms with Gasteiger partial charge in [-0.05, 0) is 31.1 Å². The topological polar surface area (TPSA) is 85.4 Å². The molecule has 2 atom stereocenters. The molecule has 8 nitrogen and oxygen atoms in total. The summed E-state index contributed by atoms with van der Waals surface area (Å²) >= 11 is 0. The minimum Gasteiger partial charge on any atom is -0.464 e. The van der Waals surface area contributed by atoms with Gasteiger partial charge >= 0.3 is 12.1 Å². The van der Waals surface area contributed by atoms with Crippen molar-refractivity contribution in [1.29, 1.82) is 0 Å². The summed E-state index contributed by atoms with van der Waals surface area (Å²) in [5.74, 6) is -0.303. The van der Waals surface area contributed by atoms with Crippen LogP contribution in [0.15, 0.2) is 0 Å². The smallest absolute Gasteiger partial charge is 0.410 e. The number of rotatable bonds is 21. The summed E-state index contributed by atoms with van der Waals surface area (Å²) in [4.78, 5) is 42.0. The first-order valence-electron chi connectivity index (χ1n) is 14.4. The first-order valence-corrected chi connectivity index (χ1v) is 14.4. The average Bonchev–Trinajstić information content (AvgIpc) is 2.85. The lowest BCUT2D eigenvalue weighted by Crippen LogP contribution is -2.54. The molecule has 37 heavy (non-hydrogen) atoms. The van der Waals surface area contributed by atoms with E-state index in [0.29, 0.717) is 19.4 Å². The standard InChI is InChI=1S/C29H56N2O6/c1-9-10-11-12-13-14-15-16-17-18-36-28(33)26(22-24(4)5)30(6)27(32)25(21-23(2)3)31(7)29(34)37-20-19-35-8/h23-26H,9-22H2,1-8H3. The van der Waals surface area contributed by atoms with E-state index in [2.05, 4.69) is 6.92 Å². The van der Waals surface area contributed by atoms with Crippen LogP contribution in [0.1, 0.15) is 105 Å². The maximum Gasteiger partial charge on any atom is 0.410 e. The third-order valence-corrected chi connectivity index (χ3v) is 6.52. The fourth-order valence-corrected chi connectivity index (χ4v) is 4.24. The Hall–Kier alpha value is -1.83. The molecule has 0 spiro atoms. The number of hydrogen-bond donors (Lipinski definition) is 0. The molecule has 0 saturated carbocycles. The van der Waals surface area contributed by atoms with Gasteiger partial charge in [0.1, 0.15) is 18.7 Å². The van der Waals surface area contributed by atoms with Crippen molar-refractivity contribution in [3.8, 4) is 0 Å². The zero-order chi connectivity index (χ0) is 28.2. The molecule has 0 saturated heterocycles. The zero-order valence-corrected chi connectivity index (χ0v) is 25.1. The van der Waals surface area contributed by atoms with Crippen LogP contribution in [0.2, 0.25) is 0 Å². The molecule has 0 aliphatic heterocycles. The Balaban J connectivity index is 5.01. The first kappa shape index (κ1) is 35.2. The van der Waals surface area contributed by atoms with Gasteiger partial charge in [-0.25, -0.2) is 9.59 Å². The number of nitrogens with zero attached hydrogens (tertiary/aromatic N) is 2. The number of likely N-dealkylation sites (N-methyl/N-ethyl adjacent to an activating group) is 2. The second kappa shape index (κ2) is 21.1. The second-order valence-electron chi connectivity index (χ2n) is 11.0. The van der Waals surface area contributed by atoms with Crippen molar-refractivity contribution in [3.05, 3.63) is 0 Å². The number of amides is 2. The van der Waals surface area contributed by atoms with Crippen molar-refractivity contribution in [3.63, 3.8) is 0 Å². The van der Waals surface area contributed by atoms with Crippen LogP contribution in [0.25, 0.3) is 0 Å². The van der Waals surface area contributed by atoms with Crippen LogP contribution in [0, 0.1) is 11.8 Å². The number of unbranched alkanes of at least 4 members (excludes halogenated alkanes) is 8. The molecule has 2 unspecified atom stereocenters. The molecular weight excluding hydrogens is 472 g/mol. The van der Waals surface area contributed by atoms with Crippen LogP contribution >= 0.6 is 0 Å². The van der Waals surface area contributed by atoms with E-state index >= 15 is 0 Å². The summed E-state index contributed by atoms with van der Waals surface area (Å²) in [7, 11) is 4.72. The molecule has 0 aliphatic carbocycles. The highest BCUT2D eigenvalue weighted by Crippen LogP contribution is 2.19. The highest BCUT2D eigenvalue weighted by atomic mass is 16.6. The van der Waals surface area contributed by atoms with Gasteiger partial charge in [-0.1, -0.05) is 86.0 Å². The zero-order valence-electron chi connectivity index (χ0n) is 25.1. The lowest BCUT2D eigenvalue weighted by molar-refractivity contribution is -0.156. The van der Waals surface area contributed by atoms with Gasteiger partial charge in [0, 0.05) is 21.2 Å². The van der Waals surface area contributed by atoms with Crippen LogP contribution in [-0.2, 0) is 23.8 Å². The van der Waals surface area contributed by atoms with Crippen LogP contribution < -0.4 is 0 Å². The van der Waals surface area contributed by atoms with Crippen molar-refractivity contribution < 1.29 is 28.6 Å². The fourth-order valence-electron chi connectivity index (χ4n) is 4.24. The van der Waals surface area contributed by atoms with Gasteiger partial charge < -0.3 is 19.1 Å². The third kappa shape index (κ3) is 15.9. The molecule has 8 heteroatoms. The summed E-state index contributed by atoms with van der Waals surface area (Å²) in [6.07, 6.45) is 11.1. The van der Waals surface area contributed by atoms with E-state index in [1.54, 1.807) is 14.1 Å². The predicted molar refractivity (Wildman–Crippen MR) is 148 cm³/mol. The van der Waals surface area contributed by atoms with Gasteiger partial charge in [-0.3, -0.25) is 9.69 Å². The summed E-state index contributed by atoms with van der Waals surface area (Å²) < 4.78 is 15.8. The molecule has 218 valence electrons. The number of methoxy groups -OCH3 is 1. The van der Waals surface area contributed by atoms with E-state index in [-0.39, 0.29) is 36.9 Å². The highest BCUT2D eigenvalue weighted by Gasteiger charge is 2.36. The molecule has 0 rings (SSSR count). The van der Waals surface area contributed by atoms with E-state index in [9.17, 15) is 14.4 Å². The predicted octanol–water partition coefficient (Wildman–Crippen LogP) is 6.06. The molecule has 0 aromatic heterocycles. The highest BCUT2D eigenvalue weighted by molar-refractivity contribution is 5.89. The minimum atomic E-state index is -0.736. The van der Waals surface area contributed by atoms with Gasteiger partial charge in [-0.15, -0.1) is 0 Å². The SMILES string of the molecule is CCCCCCCCCCCOC(=O)C(CC(C)C)N(C)C(=O)C(CC(C)C)N(C)C(=O)OCCOC. The molecule has 0 N–H and O–H groups in total. The second-order valence-corrected chi connectivity index (χ2v) is 11.0. The van der Waals surface area contributed by atoms with E-state index in [1.165, 1.54) is 55.4 Å². The maximum atomic E-state index is 13.6. The molecule has 0 aromatic carbocycles. The van der Waals surface area contributed by atoms with Crippen LogP contribution in [0.3, 0.4) is 0 Å². The molecule has 0 aliphatic rings. The third-order valence-electron chi connectivity index (χ3n) is 6.52. The normalized spacial score (nSPS) is 12.9. The summed E-state index contributed by atoms with van der Waals surface area (Å²) in [5, 5.41) is 0. The van der Waals surface area contributed by atoms with Crippen molar-refractivity contribution in [2.24, 2.45) is 11.8 Å². The Morgan fingerprint density at radius 3 is 1.68 bits per heavy atom. The van der Waals surface area contributed by atoms with Crippen molar-refractivity contribution in [1.82, 2.24) is 9.80 Å². The summed E-state index contributed by atoms with van der Waals surface area (Å²) in [6, 6.07) is -1.43. The van der Waals surface area contributed by atoms with Crippen LogP contribution in [-0.4, -0.2) is 80.9 Å². The molecule has 0 bridgehead atoms. The molecule has 2 amide bonds. The minimum absolute atomic E-state index is 0.110. The van der Waals surface area contributed by atoms with Gasteiger partial charge in [0.2, 0.25) is 5.91 Å². The van der Waals surface area contributed by atoms with E-state index < -0.39 is 18.2 Å². The Bertz CT molecular complexity index is 626. The van der Waals surface area contributed by atoms with Crippen LogP contribution in [0.5, 0.6) is 0 Å². The quantitative estimate of drug-likeness (QED) is 0.133. The number of esters is 1. The lowest BCUT2D eigenvalue weighted by atomic mass is 9.98. The van der Waals surface area contributed by atoms with Gasteiger partial charge in [0.05, 0.1) is 13.2 Å². The van der Waals surface area contributed by atoms with Gasteiger partial charge in [0.25, 0.3) is 0 Å². The monoisotopic (exact) mass is 528 g/mol. The number of carbonyl (C=O) groups excluding carboxylic acids is 3. The number of hydrogen-bond acceptors (Lipinski definition) is 6. The summed E-state index contributed by atoms with van der Waals surface area (Å²) in [6.45, 7) is 11.0. The Labute approximate surface area is 226 Å². The van der Waals surface area contributed by atoms with Gasteiger partial charge in [-0.2, -0.15) is 0 Å². The first-order chi connectivity index (χ1) is 17.6. The van der Waals surface area contributed by atoms with Crippen molar-refractivity contribution in [2.45, 2.75) is 117 Å². The Morgan fingerprint density at radius 1 is 0.649 bits per heavy atom. The van der Waals surface area contributed by atoms with Crippen molar-refractivity contribution in [2.75, 3.05) is 41.0 Å². The Kier molecular flexibility index (Phi) is 20.1. The number of ether oxygens (including phenoxy) is 3. The van der Waals surface area contributed by atoms with E-state index in [1.807, 2.05) is 27.7 Å². The van der Waals surface area contributed by atoms with Gasteiger partial charge in [0.15, 0.2) is 0 Å². The summed E-state index contributed by atoms with van der Waals surface area (Å²) in [5.41, 5.74) is 0. The largest absolute Gasteiger partial charge is 0.464 e. The molecule has 0 fully saturated rings. The average molecular weight is 529 g/mol. The van der Waals surface area contributed by atoms with E-state index in [4.69, 9.17) is 14.2 Å². The Morgan fingerprint density at radius 2 is 1.16 bits per heavy atom. The van der Waals surface area contributed by atoms with E-state index in [0.717, 1.165) is 19.3 Å². The molecule has 0 aromatic rings. The van der Waals surface area contributed by atoms with Crippen molar-refractivity contribution >= 4 is 18.0 Å². The van der Waals surface area contributed by atoms with Crippen LogP contribution in [0.4, 0.5) is 4.79 Å².